The molecule has 6 nitrogen and oxygen atoms in total. The summed E-state index contributed by atoms with van der Waals surface area (Å²) in [6.45, 7) is 2.81. The summed E-state index contributed by atoms with van der Waals surface area (Å²) in [7, 11) is -4.64. The number of phosphoric acid groups is 1. The summed E-state index contributed by atoms with van der Waals surface area (Å²) in [6, 6.07) is 0. The van der Waals surface area contributed by atoms with Crippen molar-refractivity contribution in [2.24, 2.45) is 0 Å². The molecule has 0 aromatic carbocycles. The molecule has 0 rings (SSSR count). The summed E-state index contributed by atoms with van der Waals surface area (Å²) >= 11 is 0. The minimum Gasteiger partial charge on any atom is -0.423 e. The van der Waals surface area contributed by atoms with Crippen LogP contribution in [0.2, 0.25) is 0 Å². The Morgan fingerprint density at radius 3 is 1.45 bits per heavy atom. The summed E-state index contributed by atoms with van der Waals surface area (Å²) in [5.41, 5.74) is 0. The van der Waals surface area contributed by atoms with Crippen molar-refractivity contribution in [1.29, 1.82) is 0 Å². The topological polar surface area (TPSA) is 118 Å². The van der Waals surface area contributed by atoms with Gasteiger partial charge in [0.05, 0.1) is 0 Å². The molecule has 5 N–H and O–H groups in total. The van der Waals surface area contributed by atoms with Gasteiger partial charge in [-0.25, -0.2) is 4.57 Å². The van der Waals surface area contributed by atoms with Gasteiger partial charge in [0.15, 0.2) is 0 Å². The molecule has 8 heteroatoms. The molecule has 0 amide bonds. The maximum absolute atomic E-state index is 8.88. The molecule has 0 bridgehead atoms. The monoisotopic (exact) mass is 237 g/mol. The fraction of sp³-hybridized carbons (Fsp3) is 0.667. The number of hydrogen-bond acceptors (Lipinski definition) is 3. The van der Waals surface area contributed by atoms with Crippen LogP contribution in [0.25, 0.3) is 0 Å². The Bertz CT molecular complexity index is 102. The Hall–Kier alpha value is 0.653. The average molecular weight is 238 g/mol. The molecule has 0 aromatic heterocycles. The molecule has 66 valence electrons. The van der Waals surface area contributed by atoms with Crippen molar-refractivity contribution in [3.05, 3.63) is 6.92 Å². The number of hydrogen-bond donors (Lipinski definition) is 5. The van der Waals surface area contributed by atoms with Crippen LogP contribution in [0.4, 0.5) is 0 Å². The van der Waals surface area contributed by atoms with Crippen LogP contribution in [-0.4, -0.2) is 37.6 Å². The van der Waals surface area contributed by atoms with E-state index in [2.05, 4.69) is 6.92 Å². The molecule has 0 fully saturated rings. The molecule has 0 aliphatic heterocycles. The van der Waals surface area contributed by atoms with Crippen molar-refractivity contribution < 1.29 is 48.9 Å². The van der Waals surface area contributed by atoms with Crippen molar-refractivity contribution in [1.82, 2.24) is 0 Å². The van der Waals surface area contributed by atoms with Crippen LogP contribution >= 0.6 is 7.82 Å². The van der Waals surface area contributed by atoms with E-state index in [1.54, 1.807) is 0 Å². The normalized spacial score (nSPS) is 12.2. The van der Waals surface area contributed by atoms with Gasteiger partial charge in [-0.3, -0.25) is 0 Å². The Labute approximate surface area is 76.9 Å². The summed E-state index contributed by atoms with van der Waals surface area (Å²) in [6.07, 6.45) is -0.810. The van der Waals surface area contributed by atoms with Crippen molar-refractivity contribution in [2.75, 3.05) is 6.61 Å². The van der Waals surface area contributed by atoms with Gasteiger partial charge in [-0.1, -0.05) is 0 Å². The molecule has 11 heavy (non-hydrogen) atoms. The zero-order valence-corrected chi connectivity index (χ0v) is 9.65. The summed E-state index contributed by atoms with van der Waals surface area (Å²) in [4.78, 5) is 21.6. The number of aliphatic hydroxyl groups excluding tert-OH is 2. The summed E-state index contributed by atoms with van der Waals surface area (Å²) < 4.78 is 8.88. The van der Waals surface area contributed by atoms with Gasteiger partial charge in [0, 0.05) is 26.1 Å². The molecule has 0 aliphatic carbocycles. The van der Waals surface area contributed by atoms with Crippen LogP contribution in [0, 0.1) is 6.92 Å². The molecular weight excluding hydrogens is 228 g/mol. The van der Waals surface area contributed by atoms with Gasteiger partial charge in [-0.05, 0) is 6.10 Å². The first kappa shape index (κ1) is 17.7. The van der Waals surface area contributed by atoms with Crippen molar-refractivity contribution in [3.8, 4) is 0 Å². The van der Waals surface area contributed by atoms with Crippen LogP contribution in [0.3, 0.4) is 0 Å². The zero-order chi connectivity index (χ0) is 8.78. The number of aliphatic hydroxyl groups is 2. The predicted molar refractivity (Wildman–Crippen MR) is 32.7 cm³/mol. The first-order valence-electron chi connectivity index (χ1n) is 2.17. The fourth-order valence-electron chi connectivity index (χ4n) is 0. The Balaban J connectivity index is -0.000000107. The van der Waals surface area contributed by atoms with Gasteiger partial charge in [0.2, 0.25) is 0 Å². The summed E-state index contributed by atoms with van der Waals surface area (Å²) in [5.74, 6) is 0. The first-order chi connectivity index (χ1) is 4.27. The minimum absolute atomic E-state index is 0. The van der Waals surface area contributed by atoms with Gasteiger partial charge in [0.25, 0.3) is 0 Å². The van der Waals surface area contributed by atoms with Crippen LogP contribution in [0.5, 0.6) is 0 Å². The third-order valence-corrected chi connectivity index (χ3v) is 0.211. The van der Waals surface area contributed by atoms with Crippen LogP contribution in [0.1, 0.15) is 0 Å². The molecule has 0 heterocycles. The SMILES string of the molecule is O=P(O)(O)O.[CH2-]C(O)CO.[Zn]. The molecule has 0 saturated carbocycles. The van der Waals surface area contributed by atoms with Crippen molar-refractivity contribution in [2.45, 2.75) is 6.10 Å². The van der Waals surface area contributed by atoms with Crippen LogP contribution < -0.4 is 0 Å². The molecule has 1 unspecified atom stereocenters. The zero-order valence-electron chi connectivity index (χ0n) is 5.79. The smallest absolute Gasteiger partial charge is 0.423 e. The van der Waals surface area contributed by atoms with E-state index in [9.17, 15) is 0 Å². The first-order valence-corrected chi connectivity index (χ1v) is 3.74. The fourth-order valence-corrected chi connectivity index (χ4v) is 0. The Morgan fingerprint density at radius 1 is 1.36 bits per heavy atom. The van der Waals surface area contributed by atoms with E-state index in [4.69, 9.17) is 29.5 Å². The quantitative estimate of drug-likeness (QED) is 0.210. The van der Waals surface area contributed by atoms with Gasteiger partial charge < -0.3 is 31.8 Å². The largest absolute Gasteiger partial charge is 0.466 e. The van der Waals surface area contributed by atoms with E-state index in [1.807, 2.05) is 0 Å². The molecule has 0 spiro atoms. The Morgan fingerprint density at radius 2 is 1.45 bits per heavy atom. The molecule has 1 atom stereocenters. The maximum Gasteiger partial charge on any atom is 0.466 e. The van der Waals surface area contributed by atoms with Gasteiger partial charge >= 0.3 is 7.82 Å². The van der Waals surface area contributed by atoms with Gasteiger partial charge in [-0.15, -0.1) is 0 Å². The van der Waals surface area contributed by atoms with E-state index in [1.165, 1.54) is 0 Å². The van der Waals surface area contributed by atoms with Gasteiger partial charge in [-0.2, -0.15) is 0 Å². The average Bonchev–Trinajstić information content (AvgIpc) is 1.61. The molecule has 0 aliphatic rings. The molecule has 0 aromatic rings. The Kier molecular flexibility index (Phi) is 14.0. The van der Waals surface area contributed by atoms with E-state index in [0.717, 1.165) is 0 Å². The second kappa shape index (κ2) is 8.75. The van der Waals surface area contributed by atoms with E-state index < -0.39 is 13.9 Å². The van der Waals surface area contributed by atoms with Crippen molar-refractivity contribution in [3.63, 3.8) is 0 Å². The van der Waals surface area contributed by atoms with E-state index in [-0.39, 0.29) is 26.1 Å². The van der Waals surface area contributed by atoms with Crippen molar-refractivity contribution >= 4 is 7.82 Å². The minimum atomic E-state index is -4.64. The van der Waals surface area contributed by atoms with Gasteiger partial charge in [0.1, 0.15) is 0 Å². The predicted octanol–water partition coefficient (Wildman–Crippen LogP) is -1.76. The van der Waals surface area contributed by atoms with Crippen LogP contribution in [0.15, 0.2) is 0 Å². The van der Waals surface area contributed by atoms with E-state index >= 15 is 0 Å². The van der Waals surface area contributed by atoms with Crippen LogP contribution in [-0.2, 0) is 24.0 Å². The molecule has 0 radical (unpaired) electrons. The third kappa shape index (κ3) is 113. The molecular formula is C3H10O6PZn-. The van der Waals surface area contributed by atoms with E-state index in [0.29, 0.717) is 0 Å². The number of rotatable bonds is 1. The third-order valence-electron chi connectivity index (χ3n) is 0.211. The maximum atomic E-state index is 8.88. The second-order valence-corrected chi connectivity index (χ2v) is 2.38. The summed E-state index contributed by atoms with van der Waals surface area (Å²) in [5, 5.41) is 15.8. The standard InChI is InChI=1S/C3H7O2.H3O4P.Zn/c1-3(5)2-4;1-5(2,3)4;/h3-5H,1-2H2;(H3,1,2,3,4);/q-1;;. The second-order valence-electron chi connectivity index (χ2n) is 1.35. The molecule has 0 saturated heterocycles.